The Hall–Kier alpha value is -0.580. The van der Waals surface area contributed by atoms with E-state index in [9.17, 15) is 0 Å². The summed E-state index contributed by atoms with van der Waals surface area (Å²) in [5.41, 5.74) is 1.25. The van der Waals surface area contributed by atoms with Gasteiger partial charge in [0.2, 0.25) is 0 Å². The molecule has 1 saturated heterocycles. The van der Waals surface area contributed by atoms with Crippen molar-refractivity contribution in [3.63, 3.8) is 0 Å². The highest BCUT2D eigenvalue weighted by atomic mass is 79.9. The number of hydrogen-bond donors (Lipinski definition) is 1. The largest absolute Gasteiger partial charge is 0.493 e. The lowest BCUT2D eigenvalue weighted by Crippen LogP contribution is -2.21. The molecule has 3 nitrogen and oxygen atoms in total. The maximum absolute atomic E-state index is 5.89. The normalized spacial score (nSPS) is 18.3. The van der Waals surface area contributed by atoms with E-state index in [1.807, 2.05) is 13.1 Å². The van der Waals surface area contributed by atoms with Gasteiger partial charge in [0.05, 0.1) is 6.61 Å². The molecule has 1 heterocycles. The van der Waals surface area contributed by atoms with Gasteiger partial charge in [-0.25, -0.2) is 0 Å². The van der Waals surface area contributed by atoms with Crippen molar-refractivity contribution in [2.45, 2.75) is 25.8 Å². The minimum atomic E-state index is 0.332. The number of ether oxygens (including phenoxy) is 2. The maximum Gasteiger partial charge on any atom is 0.120 e. The molecule has 1 aromatic rings. The summed E-state index contributed by atoms with van der Waals surface area (Å²) in [6.07, 6.45) is 2.21. The average Bonchev–Trinajstić information content (AvgIpc) is 2.45. The molecule has 0 aliphatic carbocycles. The quantitative estimate of drug-likeness (QED) is 0.897. The van der Waals surface area contributed by atoms with Gasteiger partial charge in [-0.1, -0.05) is 22.0 Å². The first-order chi connectivity index (χ1) is 9.20. The standard InChI is InChI=1S/C15H22BrNO2/c1-11(17-2)14-4-3-13(9-15(14)16)19-10-12-5-7-18-8-6-12/h3-4,9,11-12,17H,5-8,10H2,1-2H3. The molecule has 0 amide bonds. The number of hydrogen-bond acceptors (Lipinski definition) is 3. The van der Waals surface area contributed by atoms with Crippen molar-refractivity contribution in [3.8, 4) is 5.75 Å². The van der Waals surface area contributed by atoms with E-state index in [1.165, 1.54) is 5.56 Å². The fraction of sp³-hybridized carbons (Fsp3) is 0.600. The summed E-state index contributed by atoms with van der Waals surface area (Å²) in [5.74, 6) is 1.56. The second-order valence-electron chi connectivity index (χ2n) is 5.06. The van der Waals surface area contributed by atoms with E-state index in [0.717, 1.165) is 42.9 Å². The fourth-order valence-electron chi connectivity index (χ4n) is 2.23. The van der Waals surface area contributed by atoms with Gasteiger partial charge >= 0.3 is 0 Å². The van der Waals surface area contributed by atoms with E-state index < -0.39 is 0 Å². The summed E-state index contributed by atoms with van der Waals surface area (Å²) in [6.45, 7) is 4.67. The Morgan fingerprint density at radius 2 is 2.16 bits per heavy atom. The van der Waals surface area contributed by atoms with Crippen molar-refractivity contribution in [2.75, 3.05) is 26.9 Å². The summed E-state index contributed by atoms with van der Waals surface area (Å²) in [7, 11) is 1.96. The van der Waals surface area contributed by atoms with E-state index in [1.54, 1.807) is 0 Å². The predicted molar refractivity (Wildman–Crippen MR) is 80.7 cm³/mol. The monoisotopic (exact) mass is 327 g/mol. The van der Waals surface area contributed by atoms with Gasteiger partial charge in [0, 0.05) is 23.7 Å². The lowest BCUT2D eigenvalue weighted by atomic mass is 10.0. The Morgan fingerprint density at radius 3 is 2.79 bits per heavy atom. The summed E-state index contributed by atoms with van der Waals surface area (Å²) in [5, 5.41) is 3.24. The maximum atomic E-state index is 5.89. The van der Waals surface area contributed by atoms with Gasteiger partial charge in [0.25, 0.3) is 0 Å². The molecule has 1 fully saturated rings. The molecule has 4 heteroatoms. The van der Waals surface area contributed by atoms with Crippen LogP contribution in [0.25, 0.3) is 0 Å². The van der Waals surface area contributed by atoms with Crippen LogP contribution < -0.4 is 10.1 Å². The molecule has 1 N–H and O–H groups in total. The van der Waals surface area contributed by atoms with Crippen molar-refractivity contribution in [2.24, 2.45) is 5.92 Å². The van der Waals surface area contributed by atoms with Crippen LogP contribution >= 0.6 is 15.9 Å². The van der Waals surface area contributed by atoms with Crippen LogP contribution in [0.3, 0.4) is 0 Å². The van der Waals surface area contributed by atoms with Crippen LogP contribution in [0.1, 0.15) is 31.4 Å². The molecule has 1 unspecified atom stereocenters. The molecule has 0 radical (unpaired) electrons. The van der Waals surface area contributed by atoms with Gasteiger partial charge < -0.3 is 14.8 Å². The van der Waals surface area contributed by atoms with Crippen molar-refractivity contribution >= 4 is 15.9 Å². The smallest absolute Gasteiger partial charge is 0.120 e. The first-order valence-electron chi connectivity index (χ1n) is 6.88. The highest BCUT2D eigenvalue weighted by molar-refractivity contribution is 9.10. The van der Waals surface area contributed by atoms with E-state index in [2.05, 4.69) is 40.3 Å². The van der Waals surface area contributed by atoms with Gasteiger partial charge in [-0.15, -0.1) is 0 Å². The molecule has 1 aliphatic rings. The van der Waals surface area contributed by atoms with Gasteiger partial charge in [-0.05, 0) is 50.4 Å². The highest BCUT2D eigenvalue weighted by Crippen LogP contribution is 2.28. The van der Waals surface area contributed by atoms with E-state index in [-0.39, 0.29) is 0 Å². The second kappa shape index (κ2) is 7.27. The second-order valence-corrected chi connectivity index (χ2v) is 5.91. The molecule has 2 rings (SSSR count). The Morgan fingerprint density at radius 1 is 1.42 bits per heavy atom. The van der Waals surface area contributed by atoms with Crippen LogP contribution in [-0.2, 0) is 4.74 Å². The van der Waals surface area contributed by atoms with Crippen molar-refractivity contribution in [3.05, 3.63) is 28.2 Å². The predicted octanol–water partition coefficient (Wildman–Crippen LogP) is 3.53. The number of nitrogens with one attached hydrogen (secondary N) is 1. The van der Waals surface area contributed by atoms with Crippen molar-refractivity contribution in [1.29, 1.82) is 0 Å². The Kier molecular flexibility index (Phi) is 5.67. The third-order valence-electron chi connectivity index (χ3n) is 3.70. The molecule has 1 aromatic carbocycles. The minimum absolute atomic E-state index is 0.332. The first-order valence-corrected chi connectivity index (χ1v) is 7.67. The van der Waals surface area contributed by atoms with Gasteiger partial charge in [0.15, 0.2) is 0 Å². The zero-order chi connectivity index (χ0) is 13.7. The third kappa shape index (κ3) is 4.20. The van der Waals surface area contributed by atoms with Crippen LogP contribution in [0, 0.1) is 5.92 Å². The fourth-order valence-corrected chi connectivity index (χ4v) is 2.93. The summed E-state index contributed by atoms with van der Waals surface area (Å²) in [6, 6.07) is 6.55. The highest BCUT2D eigenvalue weighted by Gasteiger charge is 2.15. The topological polar surface area (TPSA) is 30.5 Å². The van der Waals surface area contributed by atoms with Crippen LogP contribution in [0.2, 0.25) is 0 Å². The molecule has 0 saturated carbocycles. The SMILES string of the molecule is CNC(C)c1ccc(OCC2CCOCC2)cc1Br. The van der Waals surface area contributed by atoms with Crippen LogP contribution in [0.15, 0.2) is 22.7 Å². The van der Waals surface area contributed by atoms with Crippen LogP contribution in [0.4, 0.5) is 0 Å². The van der Waals surface area contributed by atoms with E-state index in [0.29, 0.717) is 12.0 Å². The van der Waals surface area contributed by atoms with Crippen LogP contribution in [-0.4, -0.2) is 26.9 Å². The van der Waals surface area contributed by atoms with Gasteiger partial charge in [-0.2, -0.15) is 0 Å². The molecule has 19 heavy (non-hydrogen) atoms. The Bertz CT molecular complexity index is 405. The molecule has 1 atom stereocenters. The van der Waals surface area contributed by atoms with E-state index >= 15 is 0 Å². The molecule has 106 valence electrons. The first kappa shape index (κ1) is 14.8. The summed E-state index contributed by atoms with van der Waals surface area (Å²) in [4.78, 5) is 0. The molecule has 0 spiro atoms. The average molecular weight is 328 g/mol. The zero-order valence-electron chi connectivity index (χ0n) is 11.6. The molecular formula is C15H22BrNO2. The van der Waals surface area contributed by atoms with Gasteiger partial charge in [-0.3, -0.25) is 0 Å². The van der Waals surface area contributed by atoms with E-state index in [4.69, 9.17) is 9.47 Å². The molecule has 0 bridgehead atoms. The van der Waals surface area contributed by atoms with Crippen molar-refractivity contribution < 1.29 is 9.47 Å². The minimum Gasteiger partial charge on any atom is -0.493 e. The molecule has 1 aliphatic heterocycles. The zero-order valence-corrected chi connectivity index (χ0v) is 13.2. The molecule has 0 aromatic heterocycles. The number of benzene rings is 1. The summed E-state index contributed by atoms with van der Waals surface area (Å²) >= 11 is 3.61. The lowest BCUT2D eigenvalue weighted by molar-refractivity contribution is 0.0497. The number of halogens is 1. The third-order valence-corrected chi connectivity index (χ3v) is 4.38. The molecular weight excluding hydrogens is 306 g/mol. The van der Waals surface area contributed by atoms with Crippen LogP contribution in [0.5, 0.6) is 5.75 Å². The summed E-state index contributed by atoms with van der Waals surface area (Å²) < 4.78 is 12.3. The Labute approximate surface area is 123 Å². The lowest BCUT2D eigenvalue weighted by Gasteiger charge is -2.22. The Balaban J connectivity index is 1.92. The number of rotatable bonds is 5. The van der Waals surface area contributed by atoms with Crippen molar-refractivity contribution in [1.82, 2.24) is 5.32 Å². The van der Waals surface area contributed by atoms with Gasteiger partial charge in [0.1, 0.15) is 5.75 Å².